The maximum Gasteiger partial charge on any atom is 0.344 e. The van der Waals surface area contributed by atoms with E-state index in [4.69, 9.17) is 4.74 Å². The van der Waals surface area contributed by atoms with Crippen molar-refractivity contribution in [3.63, 3.8) is 0 Å². The van der Waals surface area contributed by atoms with E-state index in [0.717, 1.165) is 25.7 Å². The van der Waals surface area contributed by atoms with Gasteiger partial charge in [-0.2, -0.15) is 0 Å². The number of rotatable bonds is 4. The summed E-state index contributed by atoms with van der Waals surface area (Å²) in [5.74, 6) is -0.593. The minimum absolute atomic E-state index is 0.274. The summed E-state index contributed by atoms with van der Waals surface area (Å²) in [6, 6.07) is 0. The fraction of sp³-hybridized carbons (Fsp3) is 0.833. The molecular formula is C12H20O4. The van der Waals surface area contributed by atoms with E-state index in [2.05, 4.69) is 18.6 Å². The molecule has 0 saturated heterocycles. The molecule has 0 atom stereocenters. The number of ether oxygens (including phenoxy) is 2. The molecule has 0 heterocycles. The van der Waals surface area contributed by atoms with Gasteiger partial charge in [0, 0.05) is 6.92 Å². The van der Waals surface area contributed by atoms with Crippen LogP contribution < -0.4 is 0 Å². The smallest absolute Gasteiger partial charge is 0.344 e. The second kappa shape index (κ2) is 5.32. The molecule has 0 N–H and O–H groups in total. The molecule has 0 amide bonds. The Morgan fingerprint density at radius 1 is 1.25 bits per heavy atom. The van der Waals surface area contributed by atoms with Crippen LogP contribution in [0.4, 0.5) is 0 Å². The largest absolute Gasteiger partial charge is 0.456 e. The van der Waals surface area contributed by atoms with E-state index in [1.165, 1.54) is 6.92 Å². The van der Waals surface area contributed by atoms with E-state index in [9.17, 15) is 9.59 Å². The van der Waals surface area contributed by atoms with Crippen LogP contribution in [0.2, 0.25) is 0 Å². The minimum atomic E-state index is -0.457. The quantitative estimate of drug-likeness (QED) is 0.691. The number of esters is 2. The van der Waals surface area contributed by atoms with Gasteiger partial charge in [-0.05, 0) is 31.6 Å². The third kappa shape index (κ3) is 3.22. The maximum absolute atomic E-state index is 11.5. The lowest BCUT2D eigenvalue weighted by molar-refractivity contribution is -0.173. The summed E-state index contributed by atoms with van der Waals surface area (Å²) in [4.78, 5) is 22.1. The van der Waals surface area contributed by atoms with Gasteiger partial charge in [0.2, 0.25) is 0 Å². The van der Waals surface area contributed by atoms with Gasteiger partial charge < -0.3 is 9.47 Å². The van der Waals surface area contributed by atoms with Crippen molar-refractivity contribution in [2.45, 2.75) is 52.1 Å². The van der Waals surface area contributed by atoms with E-state index in [0.29, 0.717) is 5.92 Å². The Kier molecular flexibility index (Phi) is 4.33. The Hall–Kier alpha value is -1.06. The van der Waals surface area contributed by atoms with Gasteiger partial charge in [0.1, 0.15) is 5.60 Å². The number of carbonyl (C=O) groups excluding carboxylic acids is 2. The second-order valence-electron chi connectivity index (χ2n) is 4.68. The van der Waals surface area contributed by atoms with Crippen molar-refractivity contribution >= 4 is 11.9 Å². The molecule has 1 fully saturated rings. The summed E-state index contributed by atoms with van der Waals surface area (Å²) in [5, 5.41) is 0. The first-order chi connectivity index (χ1) is 7.46. The molecule has 0 aromatic carbocycles. The topological polar surface area (TPSA) is 52.6 Å². The van der Waals surface area contributed by atoms with Gasteiger partial charge in [-0.15, -0.1) is 0 Å². The standard InChI is InChI=1S/C12H20O4/c1-9(2)12(6-4-5-7-12)16-11(14)8-15-10(3)13/h9H,4-8H2,1-3H3. The second-order valence-corrected chi connectivity index (χ2v) is 4.68. The molecule has 4 heteroatoms. The van der Waals surface area contributed by atoms with Crippen molar-refractivity contribution in [2.24, 2.45) is 5.92 Å². The zero-order valence-corrected chi connectivity index (χ0v) is 10.2. The summed E-state index contributed by atoms with van der Waals surface area (Å²) in [7, 11) is 0. The van der Waals surface area contributed by atoms with Gasteiger partial charge in [0.25, 0.3) is 0 Å². The predicted octanol–water partition coefficient (Wildman–Crippen LogP) is 2.06. The Labute approximate surface area is 96.3 Å². The van der Waals surface area contributed by atoms with E-state index >= 15 is 0 Å². The summed E-state index contributed by atoms with van der Waals surface area (Å²) >= 11 is 0. The van der Waals surface area contributed by atoms with Crippen molar-refractivity contribution in [1.29, 1.82) is 0 Å². The molecule has 0 spiro atoms. The Morgan fingerprint density at radius 2 is 1.81 bits per heavy atom. The van der Waals surface area contributed by atoms with Gasteiger partial charge in [-0.3, -0.25) is 4.79 Å². The molecule has 0 aliphatic heterocycles. The van der Waals surface area contributed by atoms with Gasteiger partial charge in [-0.25, -0.2) is 4.79 Å². The Morgan fingerprint density at radius 3 is 2.25 bits per heavy atom. The minimum Gasteiger partial charge on any atom is -0.456 e. The molecule has 1 rings (SSSR count). The average molecular weight is 228 g/mol. The molecular weight excluding hydrogens is 208 g/mol. The molecule has 1 saturated carbocycles. The van der Waals surface area contributed by atoms with Crippen LogP contribution in [0.1, 0.15) is 46.5 Å². The molecule has 16 heavy (non-hydrogen) atoms. The van der Waals surface area contributed by atoms with Crippen LogP contribution in [-0.2, 0) is 19.1 Å². The maximum atomic E-state index is 11.5. The lowest BCUT2D eigenvalue weighted by atomic mass is 9.88. The third-order valence-corrected chi connectivity index (χ3v) is 3.21. The highest BCUT2D eigenvalue weighted by molar-refractivity contribution is 5.75. The highest BCUT2D eigenvalue weighted by Gasteiger charge is 2.40. The molecule has 92 valence electrons. The summed E-state index contributed by atoms with van der Waals surface area (Å²) in [5.41, 5.74) is -0.336. The lowest BCUT2D eigenvalue weighted by Gasteiger charge is -2.32. The van der Waals surface area contributed by atoms with Crippen molar-refractivity contribution in [3.8, 4) is 0 Å². The van der Waals surface area contributed by atoms with Crippen LogP contribution in [0.5, 0.6) is 0 Å². The highest BCUT2D eigenvalue weighted by atomic mass is 16.6. The van der Waals surface area contributed by atoms with Crippen LogP contribution in [0.25, 0.3) is 0 Å². The molecule has 0 bridgehead atoms. The van der Waals surface area contributed by atoms with Crippen LogP contribution in [0.15, 0.2) is 0 Å². The third-order valence-electron chi connectivity index (χ3n) is 3.21. The predicted molar refractivity (Wildman–Crippen MR) is 58.8 cm³/mol. The van der Waals surface area contributed by atoms with E-state index in [1.807, 2.05) is 0 Å². The normalized spacial score (nSPS) is 18.5. The van der Waals surface area contributed by atoms with Gasteiger partial charge >= 0.3 is 11.9 Å². The fourth-order valence-electron chi connectivity index (χ4n) is 2.19. The summed E-state index contributed by atoms with van der Waals surface area (Å²) in [6.45, 7) is 5.12. The zero-order valence-electron chi connectivity index (χ0n) is 10.2. The molecule has 4 nitrogen and oxygen atoms in total. The van der Waals surface area contributed by atoms with E-state index < -0.39 is 11.9 Å². The van der Waals surface area contributed by atoms with Crippen molar-refractivity contribution in [3.05, 3.63) is 0 Å². The van der Waals surface area contributed by atoms with Gasteiger partial charge in [0.15, 0.2) is 6.61 Å². The first kappa shape index (κ1) is 13.0. The zero-order chi connectivity index (χ0) is 12.2. The molecule has 0 radical (unpaired) electrons. The Bertz CT molecular complexity index is 264. The molecule has 1 aliphatic carbocycles. The van der Waals surface area contributed by atoms with Crippen molar-refractivity contribution in [2.75, 3.05) is 6.61 Å². The first-order valence-electron chi connectivity index (χ1n) is 5.81. The number of carbonyl (C=O) groups is 2. The van der Waals surface area contributed by atoms with Gasteiger partial charge in [-0.1, -0.05) is 13.8 Å². The Balaban J connectivity index is 2.49. The molecule has 1 aliphatic rings. The lowest BCUT2D eigenvalue weighted by Crippen LogP contribution is -2.38. The average Bonchev–Trinajstić information content (AvgIpc) is 2.64. The van der Waals surface area contributed by atoms with Crippen LogP contribution in [-0.4, -0.2) is 24.1 Å². The SMILES string of the molecule is CC(=O)OCC(=O)OC1(C(C)C)CCCC1. The van der Waals surface area contributed by atoms with Crippen LogP contribution in [0.3, 0.4) is 0 Å². The van der Waals surface area contributed by atoms with E-state index in [-0.39, 0.29) is 12.2 Å². The summed E-state index contributed by atoms with van der Waals surface area (Å²) in [6.07, 6.45) is 4.02. The van der Waals surface area contributed by atoms with Gasteiger partial charge in [0.05, 0.1) is 0 Å². The summed E-state index contributed by atoms with van der Waals surface area (Å²) < 4.78 is 10.1. The monoisotopic (exact) mass is 228 g/mol. The first-order valence-corrected chi connectivity index (χ1v) is 5.81. The van der Waals surface area contributed by atoms with E-state index in [1.54, 1.807) is 0 Å². The molecule has 0 unspecified atom stereocenters. The van der Waals surface area contributed by atoms with Crippen LogP contribution >= 0.6 is 0 Å². The molecule has 0 aromatic rings. The number of hydrogen-bond donors (Lipinski definition) is 0. The van der Waals surface area contributed by atoms with Crippen molar-refractivity contribution < 1.29 is 19.1 Å². The highest BCUT2D eigenvalue weighted by Crippen LogP contribution is 2.39. The fourth-order valence-corrected chi connectivity index (χ4v) is 2.19. The van der Waals surface area contributed by atoms with Crippen LogP contribution in [0, 0.1) is 5.92 Å². The number of hydrogen-bond acceptors (Lipinski definition) is 4. The molecule has 0 aromatic heterocycles. The van der Waals surface area contributed by atoms with Crippen molar-refractivity contribution in [1.82, 2.24) is 0 Å².